The number of thiocarbonyl (C=S) groups is 2. The van der Waals surface area contributed by atoms with Crippen molar-refractivity contribution in [2.24, 2.45) is 0 Å². The molecule has 0 aliphatic rings. The van der Waals surface area contributed by atoms with Gasteiger partial charge in [0.25, 0.3) is 0 Å². The highest BCUT2D eigenvalue weighted by Gasteiger charge is 2.07. The molecule has 41 heavy (non-hydrogen) atoms. The molecule has 6 nitrogen and oxygen atoms in total. The number of hydrogen-bond acceptors (Lipinski definition) is 4. The Labute approximate surface area is 253 Å². The standard InChI is InChI=1S/C33H36N4O2S2/c1-21(2)26-12-6-24(7-13-26)10-18-30(38)36-32(40)34-28-16-17-29(23(5)20-28)35-33(41)37-31(39)19-11-25-8-14-27(15-9-25)22(3)4/h6-22H,1-5H3,(H2,34,36,38,40)(H2,35,37,39,41)/b18-10+,19-11+. The Balaban J connectivity index is 1.47. The first-order chi connectivity index (χ1) is 19.5. The van der Waals surface area contributed by atoms with E-state index in [0.717, 1.165) is 22.4 Å². The smallest absolute Gasteiger partial charge is 0.250 e. The summed E-state index contributed by atoms with van der Waals surface area (Å²) in [7, 11) is 0. The molecule has 3 aromatic carbocycles. The van der Waals surface area contributed by atoms with Gasteiger partial charge in [-0.25, -0.2) is 0 Å². The van der Waals surface area contributed by atoms with Crippen LogP contribution in [-0.4, -0.2) is 22.0 Å². The molecule has 0 atom stereocenters. The number of hydrogen-bond donors (Lipinski definition) is 4. The fourth-order valence-corrected chi connectivity index (χ4v) is 4.26. The van der Waals surface area contributed by atoms with E-state index in [4.69, 9.17) is 24.4 Å². The molecule has 0 heterocycles. The Morgan fingerprint density at radius 2 is 1.10 bits per heavy atom. The monoisotopic (exact) mass is 584 g/mol. The summed E-state index contributed by atoms with van der Waals surface area (Å²) in [6.45, 7) is 10.5. The van der Waals surface area contributed by atoms with Crippen LogP contribution in [0.5, 0.6) is 0 Å². The fourth-order valence-electron chi connectivity index (χ4n) is 3.83. The molecule has 0 saturated heterocycles. The molecule has 0 aromatic heterocycles. The number of anilines is 2. The van der Waals surface area contributed by atoms with E-state index in [2.05, 4.69) is 73.2 Å². The Bertz CT molecular complexity index is 1460. The quantitative estimate of drug-likeness (QED) is 0.164. The molecule has 0 bridgehead atoms. The van der Waals surface area contributed by atoms with Gasteiger partial charge in [0.15, 0.2) is 10.2 Å². The van der Waals surface area contributed by atoms with Crippen LogP contribution in [0.1, 0.15) is 67.3 Å². The molecule has 3 aromatic rings. The number of aryl methyl sites for hydroxylation is 1. The molecule has 8 heteroatoms. The van der Waals surface area contributed by atoms with Crippen molar-refractivity contribution >= 4 is 70.0 Å². The van der Waals surface area contributed by atoms with E-state index >= 15 is 0 Å². The van der Waals surface area contributed by atoms with Crippen LogP contribution in [0.3, 0.4) is 0 Å². The lowest BCUT2D eigenvalue weighted by Crippen LogP contribution is -2.33. The summed E-state index contributed by atoms with van der Waals surface area (Å²) in [5, 5.41) is 11.7. The van der Waals surface area contributed by atoms with Gasteiger partial charge in [-0.3, -0.25) is 20.2 Å². The van der Waals surface area contributed by atoms with Gasteiger partial charge in [-0.2, -0.15) is 0 Å². The third kappa shape index (κ3) is 10.4. The number of benzene rings is 3. The Morgan fingerprint density at radius 1 is 0.659 bits per heavy atom. The summed E-state index contributed by atoms with van der Waals surface area (Å²) in [6, 6.07) is 21.6. The van der Waals surface area contributed by atoms with Gasteiger partial charge < -0.3 is 10.6 Å². The van der Waals surface area contributed by atoms with E-state index in [0.29, 0.717) is 17.5 Å². The summed E-state index contributed by atoms with van der Waals surface area (Å²) in [5.74, 6) is 0.260. The number of amides is 2. The minimum Gasteiger partial charge on any atom is -0.332 e. The van der Waals surface area contributed by atoms with E-state index in [9.17, 15) is 9.59 Å². The zero-order valence-corrected chi connectivity index (χ0v) is 25.6. The largest absolute Gasteiger partial charge is 0.332 e. The number of carbonyl (C=O) groups is 2. The molecule has 0 aliphatic heterocycles. The molecule has 212 valence electrons. The van der Waals surface area contributed by atoms with Crippen LogP contribution in [0.15, 0.2) is 78.9 Å². The van der Waals surface area contributed by atoms with Crippen molar-refractivity contribution < 1.29 is 9.59 Å². The van der Waals surface area contributed by atoms with Gasteiger partial charge in [-0.05, 0) is 101 Å². The third-order valence-electron chi connectivity index (χ3n) is 6.27. The van der Waals surface area contributed by atoms with E-state index < -0.39 is 0 Å². The Hall–Kier alpha value is -4.14. The molecule has 2 amide bonds. The van der Waals surface area contributed by atoms with Gasteiger partial charge in [-0.1, -0.05) is 76.2 Å². The summed E-state index contributed by atoms with van der Waals surface area (Å²) >= 11 is 10.6. The van der Waals surface area contributed by atoms with Gasteiger partial charge in [0.05, 0.1) is 0 Å². The van der Waals surface area contributed by atoms with Crippen LogP contribution >= 0.6 is 24.4 Å². The van der Waals surface area contributed by atoms with Crippen LogP contribution in [-0.2, 0) is 9.59 Å². The summed E-state index contributed by atoms with van der Waals surface area (Å²) in [5.41, 5.74) is 6.66. The number of nitrogens with one attached hydrogen (secondary N) is 4. The lowest BCUT2D eigenvalue weighted by Gasteiger charge is -2.13. The first kappa shape index (κ1) is 31.4. The maximum absolute atomic E-state index is 12.3. The van der Waals surface area contributed by atoms with Crippen LogP contribution < -0.4 is 21.3 Å². The van der Waals surface area contributed by atoms with Crippen LogP contribution in [0, 0.1) is 6.92 Å². The lowest BCUT2D eigenvalue weighted by atomic mass is 10.0. The summed E-state index contributed by atoms with van der Waals surface area (Å²) < 4.78 is 0. The highest BCUT2D eigenvalue weighted by atomic mass is 32.1. The number of carbonyl (C=O) groups excluding carboxylic acids is 2. The van der Waals surface area contributed by atoms with Gasteiger partial charge >= 0.3 is 0 Å². The number of rotatable bonds is 8. The lowest BCUT2D eigenvalue weighted by molar-refractivity contribution is -0.115. The average Bonchev–Trinajstić information content (AvgIpc) is 2.92. The second-order valence-electron chi connectivity index (χ2n) is 10.2. The second-order valence-corrected chi connectivity index (χ2v) is 11.0. The van der Waals surface area contributed by atoms with E-state index in [1.54, 1.807) is 18.2 Å². The fraction of sp³-hybridized carbons (Fsp3) is 0.212. The zero-order chi connectivity index (χ0) is 29.9. The van der Waals surface area contributed by atoms with Gasteiger partial charge in [0.2, 0.25) is 11.8 Å². The molecule has 0 fully saturated rings. The summed E-state index contributed by atoms with van der Waals surface area (Å²) in [6.07, 6.45) is 6.39. The Morgan fingerprint density at radius 3 is 1.51 bits per heavy atom. The molecule has 0 radical (unpaired) electrons. The second kappa shape index (κ2) is 15.0. The molecule has 0 unspecified atom stereocenters. The van der Waals surface area contributed by atoms with Crippen LogP contribution in [0.25, 0.3) is 12.2 Å². The van der Waals surface area contributed by atoms with Crippen molar-refractivity contribution in [1.82, 2.24) is 10.6 Å². The Kier molecular flexibility index (Phi) is 11.5. The van der Waals surface area contributed by atoms with Gasteiger partial charge in [-0.15, -0.1) is 0 Å². The van der Waals surface area contributed by atoms with Gasteiger partial charge in [0.1, 0.15) is 0 Å². The molecular formula is C33H36N4O2S2. The average molecular weight is 585 g/mol. The predicted molar refractivity (Wildman–Crippen MR) is 179 cm³/mol. The van der Waals surface area contributed by atoms with Crippen molar-refractivity contribution in [2.75, 3.05) is 10.6 Å². The van der Waals surface area contributed by atoms with E-state index in [1.807, 2.05) is 43.3 Å². The molecule has 0 aliphatic carbocycles. The van der Waals surface area contributed by atoms with Gasteiger partial charge in [0, 0.05) is 23.5 Å². The highest BCUT2D eigenvalue weighted by molar-refractivity contribution is 7.80. The minimum atomic E-state index is -0.326. The first-order valence-corrected chi connectivity index (χ1v) is 14.2. The highest BCUT2D eigenvalue weighted by Crippen LogP contribution is 2.20. The van der Waals surface area contributed by atoms with Crippen molar-refractivity contribution in [1.29, 1.82) is 0 Å². The predicted octanol–water partition coefficient (Wildman–Crippen LogP) is 7.29. The summed E-state index contributed by atoms with van der Waals surface area (Å²) in [4.78, 5) is 24.6. The molecular weight excluding hydrogens is 549 g/mol. The van der Waals surface area contributed by atoms with E-state index in [1.165, 1.54) is 23.3 Å². The van der Waals surface area contributed by atoms with Crippen molar-refractivity contribution in [3.8, 4) is 0 Å². The maximum atomic E-state index is 12.3. The molecule has 0 saturated carbocycles. The molecule has 4 N–H and O–H groups in total. The van der Waals surface area contributed by atoms with E-state index in [-0.39, 0.29) is 22.0 Å². The first-order valence-electron chi connectivity index (χ1n) is 13.4. The molecule has 0 spiro atoms. The van der Waals surface area contributed by atoms with Crippen molar-refractivity contribution in [2.45, 2.75) is 46.5 Å². The van der Waals surface area contributed by atoms with Crippen molar-refractivity contribution in [3.63, 3.8) is 0 Å². The third-order valence-corrected chi connectivity index (χ3v) is 6.67. The van der Waals surface area contributed by atoms with Crippen molar-refractivity contribution in [3.05, 3.63) is 107 Å². The SMILES string of the molecule is Cc1cc(NC(=S)NC(=O)/C=C/c2ccc(C(C)C)cc2)ccc1NC(=S)NC(=O)/C=C/c1ccc(C(C)C)cc1. The maximum Gasteiger partial charge on any atom is 0.250 e. The molecule has 3 rings (SSSR count). The zero-order valence-electron chi connectivity index (χ0n) is 23.9. The van der Waals surface area contributed by atoms with Crippen LogP contribution in [0.2, 0.25) is 0 Å². The van der Waals surface area contributed by atoms with Crippen LogP contribution in [0.4, 0.5) is 11.4 Å². The topological polar surface area (TPSA) is 82.3 Å². The minimum absolute atomic E-state index is 0.184. The normalized spacial score (nSPS) is 11.2.